The lowest BCUT2D eigenvalue weighted by atomic mass is 10.3. The molecule has 0 aliphatic carbocycles. The van der Waals surface area contributed by atoms with Gasteiger partial charge in [0.2, 0.25) is 0 Å². The Morgan fingerprint density at radius 2 is 2.12 bits per heavy atom. The standard InChI is InChI=1S/C12H18ClN3O/c1-15-5-2-6-16(8-7-15)12-4-3-10(13)11(9-17)14-12/h3-4,17H,2,5-9H2,1H3. The van der Waals surface area contributed by atoms with Gasteiger partial charge in [-0.3, -0.25) is 0 Å². The highest BCUT2D eigenvalue weighted by Crippen LogP contribution is 2.20. The first-order valence-corrected chi connectivity index (χ1v) is 6.28. The van der Waals surface area contributed by atoms with Gasteiger partial charge < -0.3 is 14.9 Å². The van der Waals surface area contributed by atoms with Gasteiger partial charge in [0.15, 0.2) is 0 Å². The molecule has 1 saturated heterocycles. The zero-order valence-electron chi connectivity index (χ0n) is 10.1. The molecule has 1 fully saturated rings. The molecule has 94 valence electrons. The second kappa shape index (κ2) is 5.67. The topological polar surface area (TPSA) is 39.6 Å². The Bertz CT molecular complexity index is 386. The van der Waals surface area contributed by atoms with E-state index < -0.39 is 0 Å². The van der Waals surface area contributed by atoms with E-state index >= 15 is 0 Å². The number of aliphatic hydroxyl groups excluding tert-OH is 1. The Kier molecular flexibility index (Phi) is 4.20. The smallest absolute Gasteiger partial charge is 0.129 e. The van der Waals surface area contributed by atoms with E-state index in [1.54, 1.807) is 0 Å². The summed E-state index contributed by atoms with van der Waals surface area (Å²) in [6.45, 7) is 4.02. The van der Waals surface area contributed by atoms with Gasteiger partial charge in [0.25, 0.3) is 0 Å². The Morgan fingerprint density at radius 1 is 1.29 bits per heavy atom. The van der Waals surface area contributed by atoms with E-state index in [4.69, 9.17) is 16.7 Å². The van der Waals surface area contributed by atoms with Gasteiger partial charge in [-0.05, 0) is 32.1 Å². The molecule has 0 radical (unpaired) electrons. The van der Waals surface area contributed by atoms with Crippen LogP contribution >= 0.6 is 11.6 Å². The van der Waals surface area contributed by atoms with Crippen LogP contribution < -0.4 is 4.90 Å². The Morgan fingerprint density at radius 3 is 2.88 bits per heavy atom. The number of aliphatic hydroxyl groups is 1. The highest BCUT2D eigenvalue weighted by atomic mass is 35.5. The molecule has 0 atom stereocenters. The molecule has 17 heavy (non-hydrogen) atoms. The second-order valence-electron chi connectivity index (χ2n) is 4.40. The predicted molar refractivity (Wildman–Crippen MR) is 69.5 cm³/mol. The van der Waals surface area contributed by atoms with Crippen LogP contribution in [0, 0.1) is 0 Å². The van der Waals surface area contributed by atoms with Gasteiger partial charge in [-0.15, -0.1) is 0 Å². The van der Waals surface area contributed by atoms with Crippen molar-refractivity contribution in [1.82, 2.24) is 9.88 Å². The van der Waals surface area contributed by atoms with Crippen LogP contribution in [-0.4, -0.2) is 48.2 Å². The van der Waals surface area contributed by atoms with Crippen LogP contribution in [0.5, 0.6) is 0 Å². The zero-order chi connectivity index (χ0) is 12.3. The number of likely N-dealkylation sites (N-methyl/N-ethyl adjacent to an activating group) is 1. The molecule has 2 heterocycles. The molecular formula is C12H18ClN3O. The maximum Gasteiger partial charge on any atom is 0.129 e. The first-order valence-electron chi connectivity index (χ1n) is 5.90. The van der Waals surface area contributed by atoms with Gasteiger partial charge in [-0.2, -0.15) is 0 Å². The maximum absolute atomic E-state index is 9.17. The zero-order valence-corrected chi connectivity index (χ0v) is 10.8. The van der Waals surface area contributed by atoms with Gasteiger partial charge in [0.1, 0.15) is 5.82 Å². The normalized spacial score (nSPS) is 18.2. The third-order valence-electron chi connectivity index (χ3n) is 3.10. The minimum absolute atomic E-state index is 0.111. The van der Waals surface area contributed by atoms with Crippen molar-refractivity contribution in [3.8, 4) is 0 Å². The third-order valence-corrected chi connectivity index (χ3v) is 3.44. The number of anilines is 1. The molecule has 0 saturated carbocycles. The molecule has 0 unspecified atom stereocenters. The summed E-state index contributed by atoms with van der Waals surface area (Å²) in [5.41, 5.74) is 0.557. The fourth-order valence-electron chi connectivity index (χ4n) is 2.04. The molecule has 1 aromatic rings. The fourth-order valence-corrected chi connectivity index (χ4v) is 2.20. The van der Waals surface area contributed by atoms with Crippen molar-refractivity contribution in [3.05, 3.63) is 22.8 Å². The molecule has 4 nitrogen and oxygen atoms in total. The van der Waals surface area contributed by atoms with E-state index in [-0.39, 0.29) is 6.61 Å². The summed E-state index contributed by atoms with van der Waals surface area (Å²) in [4.78, 5) is 8.98. The fraction of sp³-hybridized carbons (Fsp3) is 0.583. The summed E-state index contributed by atoms with van der Waals surface area (Å²) in [6.07, 6.45) is 1.13. The van der Waals surface area contributed by atoms with E-state index in [2.05, 4.69) is 21.8 Å². The highest BCUT2D eigenvalue weighted by molar-refractivity contribution is 6.31. The minimum Gasteiger partial charge on any atom is -0.390 e. The number of hydrogen-bond acceptors (Lipinski definition) is 4. The molecule has 0 bridgehead atoms. The number of halogens is 1. The lowest BCUT2D eigenvalue weighted by molar-refractivity contribution is 0.277. The number of aromatic nitrogens is 1. The predicted octanol–water partition coefficient (Wildman–Crippen LogP) is 1.37. The van der Waals surface area contributed by atoms with Crippen LogP contribution in [0.2, 0.25) is 5.02 Å². The molecule has 0 amide bonds. The number of hydrogen-bond donors (Lipinski definition) is 1. The first kappa shape index (κ1) is 12.6. The largest absolute Gasteiger partial charge is 0.390 e. The van der Waals surface area contributed by atoms with Gasteiger partial charge in [0.05, 0.1) is 17.3 Å². The van der Waals surface area contributed by atoms with Crippen molar-refractivity contribution >= 4 is 17.4 Å². The molecule has 0 aromatic carbocycles. The Hall–Kier alpha value is -0.840. The van der Waals surface area contributed by atoms with Crippen LogP contribution in [0.3, 0.4) is 0 Å². The lowest BCUT2D eigenvalue weighted by Crippen LogP contribution is -2.29. The number of nitrogens with zero attached hydrogens (tertiary/aromatic N) is 3. The first-order chi connectivity index (χ1) is 8.20. The lowest BCUT2D eigenvalue weighted by Gasteiger charge is -2.22. The van der Waals surface area contributed by atoms with Crippen LogP contribution in [0.15, 0.2) is 12.1 Å². The maximum atomic E-state index is 9.17. The van der Waals surface area contributed by atoms with Crippen molar-refractivity contribution in [2.75, 3.05) is 38.1 Å². The third kappa shape index (κ3) is 3.09. The molecule has 5 heteroatoms. The molecule has 0 spiro atoms. The van der Waals surface area contributed by atoms with Gasteiger partial charge in [-0.1, -0.05) is 11.6 Å². The van der Waals surface area contributed by atoms with E-state index in [1.165, 1.54) is 0 Å². The molecule has 1 N–H and O–H groups in total. The molecule has 1 aliphatic rings. The van der Waals surface area contributed by atoms with Crippen molar-refractivity contribution < 1.29 is 5.11 Å². The molecule has 2 rings (SSSR count). The van der Waals surface area contributed by atoms with Crippen LogP contribution in [0.25, 0.3) is 0 Å². The summed E-state index contributed by atoms with van der Waals surface area (Å²) < 4.78 is 0. The average molecular weight is 256 g/mol. The molecular weight excluding hydrogens is 238 g/mol. The molecule has 1 aromatic heterocycles. The van der Waals surface area contributed by atoms with Crippen LogP contribution in [-0.2, 0) is 6.61 Å². The van der Waals surface area contributed by atoms with Gasteiger partial charge in [0, 0.05) is 19.6 Å². The van der Waals surface area contributed by atoms with E-state index in [0.717, 1.165) is 38.4 Å². The second-order valence-corrected chi connectivity index (χ2v) is 4.81. The van der Waals surface area contributed by atoms with Gasteiger partial charge >= 0.3 is 0 Å². The van der Waals surface area contributed by atoms with E-state index in [1.807, 2.05) is 12.1 Å². The van der Waals surface area contributed by atoms with Crippen molar-refractivity contribution in [2.45, 2.75) is 13.0 Å². The summed E-state index contributed by atoms with van der Waals surface area (Å²) >= 11 is 5.94. The summed E-state index contributed by atoms with van der Waals surface area (Å²) in [6, 6.07) is 3.73. The summed E-state index contributed by atoms with van der Waals surface area (Å²) in [5.74, 6) is 0.911. The quantitative estimate of drug-likeness (QED) is 0.867. The van der Waals surface area contributed by atoms with Crippen molar-refractivity contribution in [2.24, 2.45) is 0 Å². The monoisotopic (exact) mass is 255 g/mol. The highest BCUT2D eigenvalue weighted by Gasteiger charge is 2.14. The Labute approximate surface area is 107 Å². The van der Waals surface area contributed by atoms with E-state index in [0.29, 0.717) is 10.7 Å². The van der Waals surface area contributed by atoms with Crippen molar-refractivity contribution in [3.63, 3.8) is 0 Å². The van der Waals surface area contributed by atoms with Gasteiger partial charge in [-0.25, -0.2) is 4.98 Å². The summed E-state index contributed by atoms with van der Waals surface area (Å²) in [7, 11) is 2.14. The number of rotatable bonds is 2. The van der Waals surface area contributed by atoms with E-state index in [9.17, 15) is 0 Å². The van der Waals surface area contributed by atoms with Crippen LogP contribution in [0.4, 0.5) is 5.82 Å². The average Bonchev–Trinajstić information content (AvgIpc) is 2.55. The van der Waals surface area contributed by atoms with Crippen LogP contribution in [0.1, 0.15) is 12.1 Å². The SMILES string of the molecule is CN1CCCN(c2ccc(Cl)c(CO)n2)CC1. The number of pyridine rings is 1. The minimum atomic E-state index is -0.111. The Balaban J connectivity index is 2.15. The molecule has 1 aliphatic heterocycles. The van der Waals surface area contributed by atoms with Crippen molar-refractivity contribution in [1.29, 1.82) is 0 Å². The summed E-state index contributed by atoms with van der Waals surface area (Å²) in [5, 5.41) is 9.70.